The van der Waals surface area contributed by atoms with Crippen LogP contribution in [0.2, 0.25) is 0 Å². The standard InChI is InChI=1S/C26H33N2O8P/c27-16-8-7-15-22(24(29)28-17-9-14-21(28)25(30)31)36-37(33,34)23(18-19-10-3-1-4-11-19)35-26(32)20-12-5-2-6-13-20/h1-6,10-13,21-23H,7-9,14-18,27H2,(H,30,31)(H,33,34)/t21-,22?,23-/m0/s1. The van der Waals surface area contributed by atoms with Crippen molar-refractivity contribution in [3.8, 4) is 0 Å². The summed E-state index contributed by atoms with van der Waals surface area (Å²) in [5.41, 5.74) is 6.39. The molecule has 0 aliphatic carbocycles. The van der Waals surface area contributed by atoms with Crippen molar-refractivity contribution in [1.29, 1.82) is 0 Å². The van der Waals surface area contributed by atoms with E-state index < -0.39 is 43.4 Å². The number of likely N-dealkylation sites (tertiary alicyclic amines) is 1. The minimum Gasteiger partial charge on any atom is -0.480 e. The molecular weight excluding hydrogens is 499 g/mol. The summed E-state index contributed by atoms with van der Waals surface area (Å²) in [4.78, 5) is 50.0. The van der Waals surface area contributed by atoms with Crippen LogP contribution in [-0.2, 0) is 29.8 Å². The lowest BCUT2D eigenvalue weighted by Crippen LogP contribution is -2.46. The van der Waals surface area contributed by atoms with Gasteiger partial charge in [0.15, 0.2) is 0 Å². The first-order valence-corrected chi connectivity index (χ1v) is 13.9. The number of amides is 1. The van der Waals surface area contributed by atoms with E-state index in [-0.39, 0.29) is 24.9 Å². The van der Waals surface area contributed by atoms with Gasteiger partial charge >= 0.3 is 19.5 Å². The van der Waals surface area contributed by atoms with Gasteiger partial charge in [0.25, 0.3) is 5.91 Å². The number of hydrogen-bond acceptors (Lipinski definition) is 7. The second-order valence-corrected chi connectivity index (χ2v) is 10.8. The van der Waals surface area contributed by atoms with E-state index in [4.69, 9.17) is 15.0 Å². The molecule has 200 valence electrons. The Morgan fingerprint density at radius 1 is 1.05 bits per heavy atom. The average Bonchev–Trinajstić information content (AvgIpc) is 3.39. The summed E-state index contributed by atoms with van der Waals surface area (Å²) >= 11 is 0. The van der Waals surface area contributed by atoms with Gasteiger partial charge < -0.3 is 25.4 Å². The fourth-order valence-electron chi connectivity index (χ4n) is 4.22. The Bertz CT molecular complexity index is 1100. The minimum atomic E-state index is -4.75. The van der Waals surface area contributed by atoms with Gasteiger partial charge in [-0.3, -0.25) is 13.9 Å². The SMILES string of the molecule is NCCCCC(OP(=O)(O)[C@@H](Cc1ccccc1)OC(=O)c1ccccc1)C(=O)N1CCC[C@H]1C(=O)O. The fraction of sp³-hybridized carbons (Fsp3) is 0.423. The Morgan fingerprint density at radius 2 is 1.70 bits per heavy atom. The van der Waals surface area contributed by atoms with E-state index in [1.165, 1.54) is 17.0 Å². The van der Waals surface area contributed by atoms with Gasteiger partial charge in [0, 0.05) is 13.0 Å². The van der Waals surface area contributed by atoms with Gasteiger partial charge in [-0.1, -0.05) is 48.5 Å². The van der Waals surface area contributed by atoms with E-state index >= 15 is 0 Å². The molecule has 1 heterocycles. The Morgan fingerprint density at radius 3 is 2.32 bits per heavy atom. The summed E-state index contributed by atoms with van der Waals surface area (Å²) in [7, 11) is -4.75. The van der Waals surface area contributed by atoms with Crippen molar-refractivity contribution in [3.05, 3.63) is 71.8 Å². The quantitative estimate of drug-likeness (QED) is 0.200. The normalized spacial score (nSPS) is 18.5. The molecule has 1 fully saturated rings. The van der Waals surface area contributed by atoms with Gasteiger partial charge in [0.1, 0.15) is 12.1 Å². The third kappa shape index (κ3) is 7.97. The maximum Gasteiger partial charge on any atom is 0.369 e. The molecule has 0 radical (unpaired) electrons. The highest BCUT2D eigenvalue weighted by molar-refractivity contribution is 7.53. The number of esters is 1. The second kappa shape index (κ2) is 13.5. The first-order valence-electron chi connectivity index (χ1n) is 12.3. The molecule has 3 rings (SSSR count). The predicted molar refractivity (Wildman–Crippen MR) is 136 cm³/mol. The fourth-order valence-corrected chi connectivity index (χ4v) is 5.59. The molecule has 2 unspecified atom stereocenters. The van der Waals surface area contributed by atoms with Crippen molar-refractivity contribution in [2.24, 2.45) is 5.73 Å². The van der Waals surface area contributed by atoms with Crippen LogP contribution in [0, 0.1) is 0 Å². The molecule has 1 aliphatic rings. The predicted octanol–water partition coefficient (Wildman–Crippen LogP) is 3.19. The number of unbranched alkanes of at least 4 members (excludes halogenated alkanes) is 1. The smallest absolute Gasteiger partial charge is 0.369 e. The number of carbonyl (C=O) groups is 3. The molecule has 0 aromatic heterocycles. The summed E-state index contributed by atoms with van der Waals surface area (Å²) < 4.78 is 24.7. The number of aliphatic carboxylic acids is 1. The largest absolute Gasteiger partial charge is 0.480 e. The highest BCUT2D eigenvalue weighted by Gasteiger charge is 2.43. The first-order chi connectivity index (χ1) is 17.7. The number of hydrogen-bond donors (Lipinski definition) is 3. The van der Waals surface area contributed by atoms with Crippen molar-refractivity contribution in [3.63, 3.8) is 0 Å². The van der Waals surface area contributed by atoms with E-state index in [9.17, 15) is 28.9 Å². The molecule has 2 aromatic rings. The molecule has 10 nitrogen and oxygen atoms in total. The second-order valence-electron chi connectivity index (χ2n) is 8.89. The molecule has 11 heteroatoms. The molecule has 4 N–H and O–H groups in total. The Labute approximate surface area is 215 Å². The molecule has 0 bridgehead atoms. The van der Waals surface area contributed by atoms with Crippen LogP contribution in [-0.4, -0.2) is 63.8 Å². The van der Waals surface area contributed by atoms with Crippen LogP contribution in [0.4, 0.5) is 0 Å². The van der Waals surface area contributed by atoms with E-state index in [0.717, 1.165) is 0 Å². The van der Waals surface area contributed by atoms with Crippen molar-refractivity contribution in [1.82, 2.24) is 4.90 Å². The summed E-state index contributed by atoms with van der Waals surface area (Å²) in [6.07, 6.45) is 0.301. The molecular formula is C26H33N2O8P. The Balaban J connectivity index is 1.86. The third-order valence-electron chi connectivity index (χ3n) is 6.16. The monoisotopic (exact) mass is 532 g/mol. The van der Waals surface area contributed by atoms with Gasteiger partial charge in [-0.05, 0) is 56.3 Å². The van der Waals surface area contributed by atoms with E-state index in [2.05, 4.69) is 0 Å². The molecule has 1 amide bonds. The van der Waals surface area contributed by atoms with Gasteiger partial charge in [-0.2, -0.15) is 0 Å². The minimum absolute atomic E-state index is 0.0636. The zero-order chi connectivity index (χ0) is 26.8. The van der Waals surface area contributed by atoms with Crippen LogP contribution in [0.5, 0.6) is 0 Å². The van der Waals surface area contributed by atoms with Crippen LogP contribution in [0.1, 0.15) is 48.0 Å². The summed E-state index contributed by atoms with van der Waals surface area (Å²) in [5, 5.41) is 9.51. The molecule has 1 aliphatic heterocycles. The number of rotatable bonds is 13. The lowest BCUT2D eigenvalue weighted by Gasteiger charge is -2.30. The Hall–Kier alpha value is -3.04. The van der Waals surface area contributed by atoms with Crippen molar-refractivity contribution in [2.75, 3.05) is 13.1 Å². The van der Waals surface area contributed by atoms with Gasteiger partial charge in [-0.25, -0.2) is 9.59 Å². The number of carbonyl (C=O) groups excluding carboxylic acids is 2. The molecule has 4 atom stereocenters. The lowest BCUT2D eigenvalue weighted by molar-refractivity contribution is -0.151. The first kappa shape index (κ1) is 28.5. The third-order valence-corrected chi connectivity index (χ3v) is 7.74. The molecule has 2 aromatic carbocycles. The van der Waals surface area contributed by atoms with E-state index in [0.29, 0.717) is 37.8 Å². The van der Waals surface area contributed by atoms with E-state index in [1.807, 2.05) is 0 Å². The summed E-state index contributed by atoms with van der Waals surface area (Å²) in [6, 6.07) is 15.7. The number of nitrogens with two attached hydrogens (primary N) is 1. The maximum absolute atomic E-state index is 13.6. The van der Waals surface area contributed by atoms with E-state index in [1.54, 1.807) is 48.5 Å². The molecule has 37 heavy (non-hydrogen) atoms. The molecule has 0 saturated carbocycles. The summed E-state index contributed by atoms with van der Waals surface area (Å²) in [6.45, 7) is 0.559. The number of carboxylic acid groups (broad SMARTS) is 1. The van der Waals surface area contributed by atoms with Crippen LogP contribution in [0.25, 0.3) is 0 Å². The topological polar surface area (TPSA) is 156 Å². The van der Waals surface area contributed by atoms with Gasteiger partial charge in [0.05, 0.1) is 5.56 Å². The molecule has 0 spiro atoms. The van der Waals surface area contributed by atoms with Crippen molar-refractivity contribution >= 4 is 25.4 Å². The Kier molecular flexibility index (Phi) is 10.4. The van der Waals surface area contributed by atoms with Crippen molar-refractivity contribution in [2.45, 2.75) is 56.5 Å². The van der Waals surface area contributed by atoms with Crippen molar-refractivity contribution < 1.29 is 38.2 Å². The number of carboxylic acids is 1. The average molecular weight is 533 g/mol. The highest BCUT2D eigenvalue weighted by atomic mass is 31.2. The van der Waals surface area contributed by atoms with Crippen LogP contribution < -0.4 is 5.73 Å². The van der Waals surface area contributed by atoms with Gasteiger partial charge in [0.2, 0.25) is 5.85 Å². The highest BCUT2D eigenvalue weighted by Crippen LogP contribution is 2.51. The summed E-state index contributed by atoms with van der Waals surface area (Å²) in [5.74, 6) is -4.22. The number of nitrogens with zero attached hydrogens (tertiary/aromatic N) is 1. The number of benzene rings is 2. The van der Waals surface area contributed by atoms with Crippen LogP contribution in [0.15, 0.2) is 60.7 Å². The zero-order valence-corrected chi connectivity index (χ0v) is 21.4. The van der Waals surface area contributed by atoms with Gasteiger partial charge in [-0.15, -0.1) is 0 Å². The maximum atomic E-state index is 13.6. The lowest BCUT2D eigenvalue weighted by atomic mass is 10.1. The number of ether oxygens (including phenoxy) is 1. The zero-order valence-electron chi connectivity index (χ0n) is 20.5. The van der Waals surface area contributed by atoms with Crippen LogP contribution in [0.3, 0.4) is 0 Å². The van der Waals surface area contributed by atoms with Crippen LogP contribution >= 0.6 is 7.60 Å². The molecule has 1 saturated heterocycles.